The molecule has 2 aliphatic rings. The number of hydrogen-bond acceptors (Lipinski definition) is 4. The second kappa shape index (κ2) is 6.90. The number of nitrogens with one attached hydrogen (secondary N) is 1. The topological polar surface area (TPSA) is 52.6 Å². The smallest absolute Gasteiger partial charge is 0.236 e. The summed E-state index contributed by atoms with van der Waals surface area (Å²) in [5.74, 6) is 0.828. The van der Waals surface area contributed by atoms with E-state index in [1.165, 1.54) is 10.4 Å². The molecule has 0 spiro atoms. The molecule has 1 fully saturated rings. The Labute approximate surface area is 130 Å². The molecule has 2 heterocycles. The van der Waals surface area contributed by atoms with E-state index in [0.717, 1.165) is 51.7 Å². The van der Waals surface area contributed by atoms with E-state index < -0.39 is 0 Å². The Morgan fingerprint density at radius 3 is 3.00 bits per heavy atom. The second-order valence-electron chi connectivity index (χ2n) is 6.24. The van der Waals surface area contributed by atoms with E-state index in [1.54, 1.807) is 11.3 Å². The molecule has 1 amide bonds. The van der Waals surface area contributed by atoms with Gasteiger partial charge >= 0.3 is 0 Å². The van der Waals surface area contributed by atoms with Crippen LogP contribution in [0.2, 0.25) is 0 Å². The van der Waals surface area contributed by atoms with Crippen molar-refractivity contribution in [2.45, 2.75) is 44.8 Å². The molecule has 1 saturated carbocycles. The predicted molar refractivity (Wildman–Crippen MR) is 84.3 cm³/mol. The number of thiophene rings is 1. The molecular formula is C16H24N2O2S. The average Bonchev–Trinajstić information content (AvgIpc) is 2.96. The lowest BCUT2D eigenvalue weighted by Crippen LogP contribution is -2.42. The minimum Gasteiger partial charge on any atom is -0.393 e. The van der Waals surface area contributed by atoms with Gasteiger partial charge in [0.25, 0.3) is 0 Å². The quantitative estimate of drug-likeness (QED) is 0.891. The molecule has 0 saturated heterocycles. The molecule has 1 aromatic heterocycles. The van der Waals surface area contributed by atoms with E-state index >= 15 is 0 Å². The summed E-state index contributed by atoms with van der Waals surface area (Å²) in [7, 11) is 0. The first-order valence-electron chi connectivity index (χ1n) is 7.94. The number of amides is 1. The highest BCUT2D eigenvalue weighted by Gasteiger charge is 2.22. The van der Waals surface area contributed by atoms with Gasteiger partial charge in [0.2, 0.25) is 5.91 Å². The van der Waals surface area contributed by atoms with Gasteiger partial charge in [-0.05, 0) is 61.6 Å². The van der Waals surface area contributed by atoms with Crippen molar-refractivity contribution in [1.29, 1.82) is 0 Å². The van der Waals surface area contributed by atoms with Gasteiger partial charge in [-0.2, -0.15) is 0 Å². The van der Waals surface area contributed by atoms with Crippen LogP contribution >= 0.6 is 11.3 Å². The summed E-state index contributed by atoms with van der Waals surface area (Å²) < 4.78 is 0. The average molecular weight is 308 g/mol. The molecule has 1 aliphatic carbocycles. The molecule has 116 valence electrons. The SMILES string of the molecule is O=C(CNCC1CCC(O)CC1)N1CCc2sccc2C1. The zero-order chi connectivity index (χ0) is 14.7. The highest BCUT2D eigenvalue weighted by Crippen LogP contribution is 2.24. The van der Waals surface area contributed by atoms with Gasteiger partial charge in [-0.15, -0.1) is 11.3 Å². The molecule has 5 heteroatoms. The third kappa shape index (κ3) is 3.84. The number of carbonyl (C=O) groups excluding carboxylic acids is 1. The third-order valence-corrected chi connectivity index (χ3v) is 5.71. The molecule has 2 N–H and O–H groups in total. The molecule has 3 rings (SSSR count). The Morgan fingerprint density at radius 2 is 2.19 bits per heavy atom. The normalized spacial score (nSPS) is 25.7. The van der Waals surface area contributed by atoms with E-state index in [0.29, 0.717) is 12.5 Å². The molecular weight excluding hydrogens is 284 g/mol. The van der Waals surface area contributed by atoms with Crippen LogP contribution in [-0.2, 0) is 17.8 Å². The van der Waals surface area contributed by atoms with Crippen molar-refractivity contribution in [3.63, 3.8) is 0 Å². The van der Waals surface area contributed by atoms with Gasteiger partial charge in [-0.25, -0.2) is 0 Å². The minimum atomic E-state index is -0.101. The van der Waals surface area contributed by atoms with Crippen molar-refractivity contribution >= 4 is 17.2 Å². The highest BCUT2D eigenvalue weighted by atomic mass is 32.1. The number of nitrogens with zero attached hydrogens (tertiary/aromatic N) is 1. The van der Waals surface area contributed by atoms with Gasteiger partial charge in [-0.3, -0.25) is 4.79 Å². The minimum absolute atomic E-state index is 0.101. The molecule has 0 atom stereocenters. The molecule has 0 bridgehead atoms. The van der Waals surface area contributed by atoms with Gasteiger partial charge in [0.1, 0.15) is 0 Å². The first-order chi connectivity index (χ1) is 10.2. The summed E-state index contributed by atoms with van der Waals surface area (Å²) >= 11 is 1.80. The maximum atomic E-state index is 12.3. The molecule has 0 unspecified atom stereocenters. The number of hydrogen-bond donors (Lipinski definition) is 2. The Bertz CT molecular complexity index is 480. The Hall–Kier alpha value is -0.910. The van der Waals surface area contributed by atoms with Crippen molar-refractivity contribution in [3.8, 4) is 0 Å². The first kappa shape index (κ1) is 15.0. The van der Waals surface area contributed by atoms with E-state index in [2.05, 4.69) is 16.8 Å². The van der Waals surface area contributed by atoms with Gasteiger partial charge in [0.15, 0.2) is 0 Å². The molecule has 0 aromatic carbocycles. The van der Waals surface area contributed by atoms with E-state index in [1.807, 2.05) is 4.90 Å². The van der Waals surface area contributed by atoms with Crippen LogP contribution in [-0.4, -0.2) is 41.7 Å². The fraction of sp³-hybridized carbons (Fsp3) is 0.688. The van der Waals surface area contributed by atoms with Crippen LogP contribution in [0.15, 0.2) is 11.4 Å². The van der Waals surface area contributed by atoms with E-state index in [9.17, 15) is 9.90 Å². The predicted octanol–water partition coefficient (Wildman–Crippen LogP) is 1.77. The summed E-state index contributed by atoms with van der Waals surface area (Å²) in [5, 5.41) is 14.9. The largest absolute Gasteiger partial charge is 0.393 e. The summed E-state index contributed by atoms with van der Waals surface area (Å²) in [6, 6.07) is 2.14. The van der Waals surface area contributed by atoms with Crippen LogP contribution in [0.3, 0.4) is 0 Å². The Kier molecular flexibility index (Phi) is 4.93. The van der Waals surface area contributed by atoms with Crippen LogP contribution in [0, 0.1) is 5.92 Å². The summed E-state index contributed by atoms with van der Waals surface area (Å²) in [6.07, 6.45) is 4.87. The van der Waals surface area contributed by atoms with Crippen LogP contribution in [0.1, 0.15) is 36.1 Å². The van der Waals surface area contributed by atoms with Gasteiger partial charge in [0, 0.05) is 18.0 Å². The number of carbonyl (C=O) groups is 1. The lowest BCUT2D eigenvalue weighted by Gasteiger charge is -2.28. The van der Waals surface area contributed by atoms with Crippen LogP contribution in [0.25, 0.3) is 0 Å². The monoisotopic (exact) mass is 308 g/mol. The van der Waals surface area contributed by atoms with Gasteiger partial charge in [0.05, 0.1) is 12.6 Å². The molecule has 1 aliphatic heterocycles. The molecule has 4 nitrogen and oxygen atoms in total. The van der Waals surface area contributed by atoms with Gasteiger partial charge < -0.3 is 15.3 Å². The summed E-state index contributed by atoms with van der Waals surface area (Å²) in [4.78, 5) is 15.7. The third-order valence-electron chi connectivity index (χ3n) is 4.69. The fourth-order valence-corrected chi connectivity index (χ4v) is 4.20. The molecule has 21 heavy (non-hydrogen) atoms. The summed E-state index contributed by atoms with van der Waals surface area (Å²) in [6.45, 7) is 2.97. The number of fused-ring (bicyclic) bond motifs is 1. The van der Waals surface area contributed by atoms with Gasteiger partial charge in [-0.1, -0.05) is 0 Å². The van der Waals surface area contributed by atoms with Crippen molar-refractivity contribution < 1.29 is 9.90 Å². The number of aliphatic hydroxyl groups is 1. The second-order valence-corrected chi connectivity index (χ2v) is 7.24. The lowest BCUT2D eigenvalue weighted by atomic mass is 9.87. The maximum absolute atomic E-state index is 12.3. The van der Waals surface area contributed by atoms with Crippen molar-refractivity contribution in [1.82, 2.24) is 10.2 Å². The first-order valence-corrected chi connectivity index (χ1v) is 8.82. The number of aliphatic hydroxyl groups excluding tert-OH is 1. The standard InChI is InChI=1S/C16H24N2O2S/c19-14-3-1-12(2-4-14)9-17-10-16(20)18-7-5-15-13(11-18)6-8-21-15/h6,8,12,14,17,19H,1-5,7,9-11H2. The Morgan fingerprint density at radius 1 is 1.38 bits per heavy atom. The lowest BCUT2D eigenvalue weighted by molar-refractivity contribution is -0.131. The Balaban J connectivity index is 1.39. The van der Waals surface area contributed by atoms with Crippen molar-refractivity contribution in [3.05, 3.63) is 21.9 Å². The van der Waals surface area contributed by atoms with Crippen LogP contribution in [0.5, 0.6) is 0 Å². The van der Waals surface area contributed by atoms with Crippen LogP contribution in [0.4, 0.5) is 0 Å². The van der Waals surface area contributed by atoms with Crippen molar-refractivity contribution in [2.24, 2.45) is 5.92 Å². The number of rotatable bonds is 4. The maximum Gasteiger partial charge on any atom is 0.236 e. The zero-order valence-corrected chi connectivity index (χ0v) is 13.2. The zero-order valence-electron chi connectivity index (χ0n) is 12.4. The van der Waals surface area contributed by atoms with Crippen LogP contribution < -0.4 is 5.32 Å². The molecule has 1 aromatic rings. The van der Waals surface area contributed by atoms with E-state index in [4.69, 9.17) is 0 Å². The fourth-order valence-electron chi connectivity index (χ4n) is 3.31. The van der Waals surface area contributed by atoms with E-state index in [-0.39, 0.29) is 12.0 Å². The molecule has 0 radical (unpaired) electrons. The summed E-state index contributed by atoms with van der Waals surface area (Å²) in [5.41, 5.74) is 1.32. The highest BCUT2D eigenvalue weighted by molar-refractivity contribution is 7.10. The van der Waals surface area contributed by atoms with Crippen molar-refractivity contribution in [2.75, 3.05) is 19.6 Å².